The fourth-order valence-electron chi connectivity index (χ4n) is 5.72. The summed E-state index contributed by atoms with van der Waals surface area (Å²) in [6.45, 7) is 3.34. The van der Waals surface area contributed by atoms with Crippen LogP contribution in [0.15, 0.2) is 78.9 Å². The van der Waals surface area contributed by atoms with E-state index in [2.05, 4.69) is 17.1 Å². The third-order valence-electron chi connectivity index (χ3n) is 7.92. The number of piperidine rings is 1. The second kappa shape index (κ2) is 12.1. The zero-order chi connectivity index (χ0) is 28.1. The number of benzene rings is 3. The van der Waals surface area contributed by atoms with Gasteiger partial charge >= 0.3 is 0 Å². The predicted molar refractivity (Wildman–Crippen MR) is 159 cm³/mol. The molecular formula is C32H35ClN4O3. The highest BCUT2D eigenvalue weighted by atomic mass is 35.5. The SMILES string of the molecule is CCCCc1ccc(C(=O)N2CCC3(CC2)C(=O)N(CC(=O)Nc2cccc(Cl)c2)CN3c2ccccc2)cc1. The number of halogens is 1. The normalized spacial score (nSPS) is 16.4. The van der Waals surface area contributed by atoms with Gasteiger partial charge in [0.15, 0.2) is 0 Å². The first-order valence-electron chi connectivity index (χ1n) is 14.0. The van der Waals surface area contributed by atoms with Gasteiger partial charge in [0.1, 0.15) is 12.1 Å². The number of carbonyl (C=O) groups excluding carboxylic acids is 3. The van der Waals surface area contributed by atoms with Crippen molar-refractivity contribution in [2.45, 2.75) is 44.6 Å². The molecule has 3 aromatic carbocycles. The lowest BCUT2D eigenvalue weighted by Crippen LogP contribution is -2.57. The van der Waals surface area contributed by atoms with Crippen molar-refractivity contribution in [2.24, 2.45) is 0 Å². The molecule has 0 saturated carbocycles. The highest BCUT2D eigenvalue weighted by Crippen LogP contribution is 2.39. The van der Waals surface area contributed by atoms with Gasteiger partial charge in [-0.05, 0) is 73.7 Å². The monoisotopic (exact) mass is 558 g/mol. The molecule has 1 N–H and O–H groups in total. The second-order valence-corrected chi connectivity index (χ2v) is 11.0. The molecule has 2 saturated heterocycles. The smallest absolute Gasteiger partial charge is 0.253 e. The molecule has 0 aromatic heterocycles. The highest BCUT2D eigenvalue weighted by Gasteiger charge is 2.54. The minimum absolute atomic E-state index is 0.00801. The van der Waals surface area contributed by atoms with Crippen molar-refractivity contribution in [3.63, 3.8) is 0 Å². The van der Waals surface area contributed by atoms with E-state index in [-0.39, 0.29) is 24.3 Å². The molecule has 0 radical (unpaired) electrons. The average molecular weight is 559 g/mol. The number of hydrogen-bond acceptors (Lipinski definition) is 4. The lowest BCUT2D eigenvalue weighted by atomic mass is 9.85. The van der Waals surface area contributed by atoms with E-state index in [4.69, 9.17) is 11.6 Å². The number of rotatable bonds is 8. The molecule has 5 rings (SSSR count). The molecule has 2 aliphatic heterocycles. The molecule has 2 heterocycles. The maximum Gasteiger partial charge on any atom is 0.253 e. The molecule has 0 atom stereocenters. The first-order chi connectivity index (χ1) is 19.4. The van der Waals surface area contributed by atoms with Gasteiger partial charge in [-0.1, -0.05) is 61.3 Å². The Morgan fingerprint density at radius 1 is 0.950 bits per heavy atom. The number of nitrogens with one attached hydrogen (secondary N) is 1. The molecular weight excluding hydrogens is 524 g/mol. The number of hydrogen-bond donors (Lipinski definition) is 1. The second-order valence-electron chi connectivity index (χ2n) is 10.6. The number of likely N-dealkylation sites (tertiary alicyclic amines) is 1. The largest absolute Gasteiger partial charge is 0.339 e. The average Bonchev–Trinajstić information content (AvgIpc) is 3.23. The molecule has 0 unspecified atom stereocenters. The minimum atomic E-state index is -0.807. The fourth-order valence-corrected chi connectivity index (χ4v) is 5.91. The standard InChI is InChI=1S/C32H35ClN4O3/c1-2-3-8-24-13-15-25(16-14-24)30(39)35-19-17-32(18-20-35)31(40)36(23-37(32)28-11-5-4-6-12-28)22-29(38)34-27-10-7-9-26(33)21-27/h4-7,9-16,21H,2-3,8,17-20,22-23H2,1H3,(H,34,38). The molecule has 0 aliphatic carbocycles. The summed E-state index contributed by atoms with van der Waals surface area (Å²) in [6.07, 6.45) is 4.27. The molecule has 3 aromatic rings. The summed E-state index contributed by atoms with van der Waals surface area (Å²) in [6, 6.07) is 24.7. The van der Waals surface area contributed by atoms with Crippen molar-refractivity contribution in [1.82, 2.24) is 9.80 Å². The van der Waals surface area contributed by atoms with Crippen LogP contribution in [0, 0.1) is 0 Å². The van der Waals surface area contributed by atoms with E-state index in [1.807, 2.05) is 59.5 Å². The Kier molecular flexibility index (Phi) is 8.40. The number of carbonyl (C=O) groups is 3. The summed E-state index contributed by atoms with van der Waals surface area (Å²) in [4.78, 5) is 45.7. The van der Waals surface area contributed by atoms with Crippen molar-refractivity contribution >= 4 is 40.7 Å². The Labute approximate surface area is 240 Å². The van der Waals surface area contributed by atoms with Crippen LogP contribution in [0.1, 0.15) is 48.5 Å². The Morgan fingerprint density at radius 3 is 2.35 bits per heavy atom. The van der Waals surface area contributed by atoms with Gasteiger partial charge in [0, 0.05) is 35.1 Å². The number of nitrogens with zero attached hydrogens (tertiary/aromatic N) is 3. The molecule has 1 spiro atoms. The Morgan fingerprint density at radius 2 is 1.68 bits per heavy atom. The number of anilines is 2. The van der Waals surface area contributed by atoms with Crippen molar-refractivity contribution in [2.75, 3.05) is 36.5 Å². The van der Waals surface area contributed by atoms with Crippen LogP contribution in [0.4, 0.5) is 11.4 Å². The summed E-state index contributed by atoms with van der Waals surface area (Å²) in [5, 5.41) is 3.37. The van der Waals surface area contributed by atoms with Crippen LogP contribution in [-0.2, 0) is 16.0 Å². The first kappa shape index (κ1) is 27.7. The van der Waals surface area contributed by atoms with Crippen molar-refractivity contribution in [3.05, 3.63) is 95.0 Å². The van der Waals surface area contributed by atoms with Crippen LogP contribution in [0.25, 0.3) is 0 Å². The molecule has 3 amide bonds. The lowest BCUT2D eigenvalue weighted by molar-refractivity contribution is -0.136. The Hall–Kier alpha value is -3.84. The first-order valence-corrected chi connectivity index (χ1v) is 14.3. The van der Waals surface area contributed by atoms with E-state index in [1.165, 1.54) is 5.56 Å². The minimum Gasteiger partial charge on any atom is -0.339 e. The van der Waals surface area contributed by atoms with Gasteiger partial charge in [0.25, 0.3) is 11.8 Å². The molecule has 0 bridgehead atoms. The highest BCUT2D eigenvalue weighted by molar-refractivity contribution is 6.30. The fraction of sp³-hybridized carbons (Fsp3) is 0.344. The van der Waals surface area contributed by atoms with E-state index in [1.54, 1.807) is 29.2 Å². The summed E-state index contributed by atoms with van der Waals surface area (Å²) < 4.78 is 0. The van der Waals surface area contributed by atoms with Crippen LogP contribution >= 0.6 is 11.6 Å². The maximum absolute atomic E-state index is 14.0. The predicted octanol–water partition coefficient (Wildman–Crippen LogP) is 5.60. The zero-order valence-corrected chi connectivity index (χ0v) is 23.6. The van der Waals surface area contributed by atoms with Gasteiger partial charge in [0.05, 0.1) is 6.67 Å². The van der Waals surface area contributed by atoms with Crippen molar-refractivity contribution in [3.8, 4) is 0 Å². The molecule has 208 valence electrons. The van der Waals surface area contributed by atoms with E-state index in [9.17, 15) is 14.4 Å². The quantitative estimate of drug-likeness (QED) is 0.390. The summed E-state index contributed by atoms with van der Waals surface area (Å²) >= 11 is 6.05. The molecule has 2 fully saturated rings. The third-order valence-corrected chi connectivity index (χ3v) is 8.16. The van der Waals surface area contributed by atoms with Gasteiger partial charge < -0.3 is 20.0 Å². The van der Waals surface area contributed by atoms with Crippen LogP contribution < -0.4 is 10.2 Å². The molecule has 40 heavy (non-hydrogen) atoms. The zero-order valence-electron chi connectivity index (χ0n) is 22.8. The summed E-state index contributed by atoms with van der Waals surface area (Å²) in [5.41, 5.74) is 2.62. The molecule has 8 heteroatoms. The number of aryl methyl sites for hydroxylation is 1. The Bertz CT molecular complexity index is 1350. The van der Waals surface area contributed by atoms with Crippen molar-refractivity contribution in [1.29, 1.82) is 0 Å². The summed E-state index contributed by atoms with van der Waals surface area (Å²) in [7, 11) is 0. The van der Waals surface area contributed by atoms with Crippen LogP contribution in [0.5, 0.6) is 0 Å². The number of unbranched alkanes of at least 4 members (excludes halogenated alkanes) is 1. The van der Waals surface area contributed by atoms with Gasteiger partial charge in [-0.15, -0.1) is 0 Å². The van der Waals surface area contributed by atoms with Gasteiger partial charge in [-0.3, -0.25) is 14.4 Å². The van der Waals surface area contributed by atoms with Crippen LogP contribution in [-0.4, -0.2) is 59.4 Å². The van der Waals surface area contributed by atoms with Crippen molar-refractivity contribution < 1.29 is 14.4 Å². The molecule has 7 nitrogen and oxygen atoms in total. The van der Waals surface area contributed by atoms with Crippen LogP contribution in [0.2, 0.25) is 5.02 Å². The lowest BCUT2D eigenvalue weighted by Gasteiger charge is -2.43. The van der Waals surface area contributed by atoms with Crippen LogP contribution in [0.3, 0.4) is 0 Å². The van der Waals surface area contributed by atoms with Gasteiger partial charge in [-0.2, -0.15) is 0 Å². The van der Waals surface area contributed by atoms with E-state index in [0.29, 0.717) is 48.9 Å². The Balaban J connectivity index is 1.30. The number of amides is 3. The third kappa shape index (κ3) is 5.85. The maximum atomic E-state index is 14.0. The van der Waals surface area contributed by atoms with E-state index in [0.717, 1.165) is 24.9 Å². The van der Waals surface area contributed by atoms with Gasteiger partial charge in [0.2, 0.25) is 5.91 Å². The topological polar surface area (TPSA) is 73.0 Å². The molecule has 2 aliphatic rings. The number of para-hydroxylation sites is 1. The summed E-state index contributed by atoms with van der Waals surface area (Å²) in [5.74, 6) is -0.369. The van der Waals surface area contributed by atoms with E-state index < -0.39 is 5.54 Å². The van der Waals surface area contributed by atoms with Gasteiger partial charge in [-0.25, -0.2) is 0 Å². The van der Waals surface area contributed by atoms with E-state index >= 15 is 0 Å².